The number of sulfonamides is 1. The van der Waals surface area contributed by atoms with Crippen LogP contribution in [0.2, 0.25) is 5.02 Å². The second-order valence-corrected chi connectivity index (χ2v) is 6.28. The van der Waals surface area contributed by atoms with Crippen LogP contribution in [0.5, 0.6) is 0 Å². The molecule has 7 heteroatoms. The lowest BCUT2D eigenvalue weighted by atomic mass is 10.3. The van der Waals surface area contributed by atoms with Crippen LogP contribution < -0.4 is 10.5 Å². The number of hydrogen-bond acceptors (Lipinski definition) is 4. The Kier molecular flexibility index (Phi) is 6.06. The molecule has 1 aromatic rings. The van der Waals surface area contributed by atoms with Crippen LogP contribution in [0.3, 0.4) is 0 Å². The Morgan fingerprint density at radius 2 is 1.95 bits per heavy atom. The van der Waals surface area contributed by atoms with Gasteiger partial charge in [-0.1, -0.05) is 25.4 Å². The highest BCUT2D eigenvalue weighted by Gasteiger charge is 2.17. The fourth-order valence-corrected chi connectivity index (χ4v) is 3.11. The molecule has 0 saturated carbocycles. The number of anilines is 1. The SMILES string of the molecule is CCN(CC)CCNS(=O)(=O)c1cc(Cl)ccc1N. The Bertz CT molecular complexity index is 516. The van der Waals surface area contributed by atoms with Crippen LogP contribution in [0.15, 0.2) is 23.1 Å². The summed E-state index contributed by atoms with van der Waals surface area (Å²) in [4.78, 5) is 2.16. The summed E-state index contributed by atoms with van der Waals surface area (Å²) in [5.41, 5.74) is 5.87. The zero-order chi connectivity index (χ0) is 14.5. The number of nitrogens with one attached hydrogen (secondary N) is 1. The van der Waals surface area contributed by atoms with Crippen molar-refractivity contribution < 1.29 is 8.42 Å². The van der Waals surface area contributed by atoms with Gasteiger partial charge in [0, 0.05) is 18.1 Å². The number of benzene rings is 1. The van der Waals surface area contributed by atoms with Crippen molar-refractivity contribution in [3.05, 3.63) is 23.2 Å². The van der Waals surface area contributed by atoms with Gasteiger partial charge >= 0.3 is 0 Å². The molecular weight excluding hydrogens is 286 g/mol. The molecule has 0 unspecified atom stereocenters. The molecule has 0 amide bonds. The van der Waals surface area contributed by atoms with Crippen LogP contribution in [0.4, 0.5) is 5.69 Å². The second kappa shape index (κ2) is 7.09. The molecule has 108 valence electrons. The topological polar surface area (TPSA) is 75.4 Å². The van der Waals surface area contributed by atoms with E-state index in [0.29, 0.717) is 18.1 Å². The minimum atomic E-state index is -3.61. The smallest absolute Gasteiger partial charge is 0.242 e. The van der Waals surface area contributed by atoms with Gasteiger partial charge in [-0.15, -0.1) is 0 Å². The first-order valence-electron chi connectivity index (χ1n) is 6.17. The molecule has 0 atom stereocenters. The zero-order valence-corrected chi connectivity index (χ0v) is 12.8. The molecule has 1 aromatic carbocycles. The van der Waals surface area contributed by atoms with E-state index in [-0.39, 0.29) is 10.6 Å². The van der Waals surface area contributed by atoms with E-state index < -0.39 is 10.0 Å². The Hall–Kier alpha value is -0.820. The average molecular weight is 306 g/mol. The van der Waals surface area contributed by atoms with E-state index in [1.165, 1.54) is 12.1 Å². The van der Waals surface area contributed by atoms with Crippen LogP contribution in [0.1, 0.15) is 13.8 Å². The Balaban J connectivity index is 2.73. The molecule has 0 bridgehead atoms. The van der Waals surface area contributed by atoms with E-state index >= 15 is 0 Å². The number of nitrogen functional groups attached to an aromatic ring is 1. The van der Waals surface area contributed by atoms with Crippen molar-refractivity contribution >= 4 is 27.3 Å². The molecule has 0 fully saturated rings. The fraction of sp³-hybridized carbons (Fsp3) is 0.500. The molecule has 0 spiro atoms. The van der Waals surface area contributed by atoms with Gasteiger partial charge in [0.1, 0.15) is 4.90 Å². The maximum atomic E-state index is 12.1. The predicted molar refractivity (Wildman–Crippen MR) is 78.8 cm³/mol. The summed E-state index contributed by atoms with van der Waals surface area (Å²) < 4.78 is 26.7. The molecular formula is C12H20ClN3O2S. The first-order valence-corrected chi connectivity index (χ1v) is 8.03. The summed E-state index contributed by atoms with van der Waals surface area (Å²) >= 11 is 5.80. The van der Waals surface area contributed by atoms with Crippen LogP contribution in [0, 0.1) is 0 Å². The highest BCUT2D eigenvalue weighted by molar-refractivity contribution is 7.89. The lowest BCUT2D eigenvalue weighted by Gasteiger charge is -2.18. The first-order chi connectivity index (χ1) is 8.90. The lowest BCUT2D eigenvalue weighted by molar-refractivity contribution is 0.309. The second-order valence-electron chi connectivity index (χ2n) is 4.11. The largest absolute Gasteiger partial charge is 0.398 e. The summed E-state index contributed by atoms with van der Waals surface area (Å²) in [6.45, 7) is 6.84. The molecule has 5 nitrogen and oxygen atoms in total. The van der Waals surface area contributed by atoms with Crippen molar-refractivity contribution in [2.75, 3.05) is 31.9 Å². The zero-order valence-electron chi connectivity index (χ0n) is 11.2. The Morgan fingerprint density at radius 1 is 1.32 bits per heavy atom. The van der Waals surface area contributed by atoms with Crippen molar-refractivity contribution in [3.8, 4) is 0 Å². The van der Waals surface area contributed by atoms with E-state index in [2.05, 4.69) is 9.62 Å². The van der Waals surface area contributed by atoms with Crippen molar-refractivity contribution in [3.63, 3.8) is 0 Å². The average Bonchev–Trinajstić information content (AvgIpc) is 2.37. The van der Waals surface area contributed by atoms with E-state index in [1.54, 1.807) is 6.07 Å². The van der Waals surface area contributed by atoms with Gasteiger partial charge in [-0.05, 0) is 31.3 Å². The molecule has 0 saturated heterocycles. The van der Waals surface area contributed by atoms with Crippen molar-refractivity contribution in [2.45, 2.75) is 18.7 Å². The van der Waals surface area contributed by atoms with Gasteiger partial charge in [-0.2, -0.15) is 0 Å². The maximum absolute atomic E-state index is 12.1. The third-order valence-corrected chi connectivity index (χ3v) is 4.63. The first kappa shape index (κ1) is 16.2. The number of likely N-dealkylation sites (N-methyl/N-ethyl adjacent to an activating group) is 1. The summed E-state index contributed by atoms with van der Waals surface area (Å²) in [5.74, 6) is 0. The van der Waals surface area contributed by atoms with Gasteiger partial charge in [-0.25, -0.2) is 13.1 Å². The van der Waals surface area contributed by atoms with Gasteiger partial charge < -0.3 is 10.6 Å². The number of nitrogens with two attached hydrogens (primary N) is 1. The minimum Gasteiger partial charge on any atom is -0.398 e. The van der Waals surface area contributed by atoms with Gasteiger partial charge in [0.05, 0.1) is 5.69 Å². The molecule has 0 aliphatic rings. The fourth-order valence-electron chi connectivity index (χ4n) is 1.70. The van der Waals surface area contributed by atoms with Crippen molar-refractivity contribution in [2.24, 2.45) is 0 Å². The van der Waals surface area contributed by atoms with Crippen LogP contribution in [-0.2, 0) is 10.0 Å². The number of rotatable bonds is 7. The molecule has 1 rings (SSSR count). The molecule has 3 N–H and O–H groups in total. The number of nitrogens with zero attached hydrogens (tertiary/aromatic N) is 1. The normalized spacial score (nSPS) is 12.0. The Labute approximate surface area is 119 Å². The molecule has 0 aliphatic heterocycles. The molecule has 19 heavy (non-hydrogen) atoms. The molecule has 0 heterocycles. The maximum Gasteiger partial charge on any atom is 0.242 e. The summed E-state index contributed by atoms with van der Waals surface area (Å²) in [7, 11) is -3.61. The van der Waals surface area contributed by atoms with Crippen LogP contribution in [-0.4, -0.2) is 39.5 Å². The highest BCUT2D eigenvalue weighted by Crippen LogP contribution is 2.22. The summed E-state index contributed by atoms with van der Waals surface area (Å²) in [6.07, 6.45) is 0. The van der Waals surface area contributed by atoms with Gasteiger partial charge in [0.25, 0.3) is 0 Å². The highest BCUT2D eigenvalue weighted by atomic mass is 35.5. The van der Waals surface area contributed by atoms with E-state index in [9.17, 15) is 8.42 Å². The van der Waals surface area contributed by atoms with E-state index in [0.717, 1.165) is 13.1 Å². The Morgan fingerprint density at radius 3 is 2.53 bits per heavy atom. The van der Waals surface area contributed by atoms with Gasteiger partial charge in [0.2, 0.25) is 10.0 Å². The standard InChI is InChI=1S/C12H20ClN3O2S/c1-3-16(4-2)8-7-15-19(17,18)12-9-10(13)5-6-11(12)14/h5-6,9,15H,3-4,7-8,14H2,1-2H3. The molecule has 0 aromatic heterocycles. The quantitative estimate of drug-likeness (QED) is 0.749. The lowest BCUT2D eigenvalue weighted by Crippen LogP contribution is -2.35. The third kappa shape index (κ3) is 4.65. The molecule has 0 radical (unpaired) electrons. The van der Waals surface area contributed by atoms with Gasteiger partial charge in [0.15, 0.2) is 0 Å². The summed E-state index contributed by atoms with van der Waals surface area (Å²) in [6, 6.07) is 4.41. The number of hydrogen-bond donors (Lipinski definition) is 2. The third-order valence-electron chi connectivity index (χ3n) is 2.88. The molecule has 0 aliphatic carbocycles. The van der Waals surface area contributed by atoms with Crippen molar-refractivity contribution in [1.29, 1.82) is 0 Å². The monoisotopic (exact) mass is 305 g/mol. The number of halogens is 1. The summed E-state index contributed by atoms with van der Waals surface area (Å²) in [5, 5.41) is 0.346. The minimum absolute atomic E-state index is 0.0274. The van der Waals surface area contributed by atoms with Gasteiger partial charge in [-0.3, -0.25) is 0 Å². The van der Waals surface area contributed by atoms with Crippen molar-refractivity contribution in [1.82, 2.24) is 9.62 Å². The van der Waals surface area contributed by atoms with Crippen LogP contribution >= 0.6 is 11.6 Å². The van der Waals surface area contributed by atoms with E-state index in [1.807, 2.05) is 13.8 Å². The van der Waals surface area contributed by atoms with Crippen LogP contribution in [0.25, 0.3) is 0 Å². The van der Waals surface area contributed by atoms with E-state index in [4.69, 9.17) is 17.3 Å². The predicted octanol–water partition coefficient (Wildman–Crippen LogP) is 1.54.